The largest absolute Gasteiger partial charge is 0.407 e. The summed E-state index contributed by atoms with van der Waals surface area (Å²) in [6, 6.07) is 7.18. The van der Waals surface area contributed by atoms with Crippen LogP contribution in [0, 0.1) is 0 Å². The average Bonchev–Trinajstić information content (AvgIpc) is 2.45. The summed E-state index contributed by atoms with van der Waals surface area (Å²) < 4.78 is 4.79. The molecular weight excluding hydrogens is 214 g/mol. The van der Waals surface area contributed by atoms with E-state index in [0.29, 0.717) is 16.6 Å². The molecule has 0 spiro atoms. The molecule has 0 atom stereocenters. The van der Waals surface area contributed by atoms with E-state index in [9.17, 15) is 4.79 Å². The smallest absolute Gasteiger partial charge is 0.363 e. The Hall–Kier alpha value is -1.61. The molecule has 4 heteroatoms. The number of carbonyl (C=O) groups is 1. The molecule has 76 valence electrons. The van der Waals surface area contributed by atoms with Crippen molar-refractivity contribution >= 4 is 29.5 Å². The minimum absolute atomic E-state index is 0.301. The number of benzene rings is 1. The van der Waals surface area contributed by atoms with Crippen LogP contribution >= 0.6 is 11.6 Å². The lowest BCUT2D eigenvalue weighted by Crippen LogP contribution is -1.99. The van der Waals surface area contributed by atoms with Gasteiger partial charge in [0.25, 0.3) is 0 Å². The Bertz CT molecular complexity index is 477. The van der Waals surface area contributed by atoms with Crippen molar-refractivity contribution in [3.63, 3.8) is 0 Å². The topological polar surface area (TPSA) is 38.7 Å². The monoisotopic (exact) mass is 221 g/mol. The normalized spacial score (nSPS) is 17.9. The first-order valence-corrected chi connectivity index (χ1v) is 4.78. The van der Waals surface area contributed by atoms with Gasteiger partial charge in [-0.2, -0.15) is 0 Å². The predicted octanol–water partition coefficient (Wildman–Crippen LogP) is 2.66. The Morgan fingerprint density at radius 2 is 2.27 bits per heavy atom. The molecule has 0 aromatic heterocycles. The molecule has 0 saturated heterocycles. The van der Waals surface area contributed by atoms with E-state index in [1.165, 1.54) is 0 Å². The number of ether oxygens (including phenoxy) is 1. The summed E-state index contributed by atoms with van der Waals surface area (Å²) in [5.41, 5.74) is 1.13. The number of halogens is 1. The molecule has 1 aliphatic rings. The van der Waals surface area contributed by atoms with Crippen molar-refractivity contribution < 1.29 is 9.53 Å². The Balaban J connectivity index is 2.35. The van der Waals surface area contributed by atoms with Gasteiger partial charge in [-0.3, -0.25) is 0 Å². The Morgan fingerprint density at radius 1 is 1.47 bits per heavy atom. The molecule has 2 rings (SSSR count). The van der Waals surface area contributed by atoms with Gasteiger partial charge in [0.2, 0.25) is 0 Å². The van der Waals surface area contributed by atoms with E-state index in [0.717, 1.165) is 5.56 Å². The molecular formula is C11H8ClNO2. The maximum atomic E-state index is 11.2. The van der Waals surface area contributed by atoms with E-state index in [1.54, 1.807) is 25.1 Å². The minimum atomic E-state index is -0.424. The highest BCUT2D eigenvalue weighted by Gasteiger charge is 2.19. The van der Waals surface area contributed by atoms with Crippen molar-refractivity contribution in [2.45, 2.75) is 6.92 Å². The van der Waals surface area contributed by atoms with Crippen molar-refractivity contribution in [2.24, 2.45) is 4.99 Å². The molecule has 0 radical (unpaired) electrons. The van der Waals surface area contributed by atoms with Crippen molar-refractivity contribution in [1.82, 2.24) is 0 Å². The predicted molar refractivity (Wildman–Crippen MR) is 58.6 cm³/mol. The van der Waals surface area contributed by atoms with Gasteiger partial charge in [0.05, 0.1) is 0 Å². The van der Waals surface area contributed by atoms with E-state index in [1.807, 2.05) is 12.1 Å². The third-order valence-corrected chi connectivity index (χ3v) is 2.11. The summed E-state index contributed by atoms with van der Waals surface area (Å²) in [5, 5.41) is 0.622. The van der Waals surface area contributed by atoms with Crippen LogP contribution in [0.4, 0.5) is 0 Å². The molecule has 3 nitrogen and oxygen atoms in total. The van der Waals surface area contributed by atoms with E-state index in [2.05, 4.69) is 4.99 Å². The fourth-order valence-electron chi connectivity index (χ4n) is 1.27. The highest BCUT2D eigenvalue weighted by Crippen LogP contribution is 2.17. The molecule has 0 N–H and O–H groups in total. The molecule has 0 bridgehead atoms. The van der Waals surface area contributed by atoms with E-state index < -0.39 is 5.97 Å². The van der Waals surface area contributed by atoms with Crippen LogP contribution in [-0.2, 0) is 9.53 Å². The maximum absolute atomic E-state index is 11.2. The molecule has 1 aromatic rings. The number of carbonyl (C=O) groups excluding carboxylic acids is 1. The summed E-state index contributed by atoms with van der Waals surface area (Å²) in [5.74, 6) is -0.0549. The zero-order valence-electron chi connectivity index (χ0n) is 8.03. The number of aliphatic imine (C=N–C) groups is 1. The van der Waals surface area contributed by atoms with Gasteiger partial charge in [0.15, 0.2) is 11.6 Å². The van der Waals surface area contributed by atoms with Crippen LogP contribution < -0.4 is 0 Å². The highest BCUT2D eigenvalue weighted by molar-refractivity contribution is 6.30. The molecule has 1 aromatic carbocycles. The van der Waals surface area contributed by atoms with E-state index in [-0.39, 0.29) is 0 Å². The van der Waals surface area contributed by atoms with E-state index in [4.69, 9.17) is 16.3 Å². The summed E-state index contributed by atoms with van der Waals surface area (Å²) >= 11 is 5.81. The van der Waals surface area contributed by atoms with Gasteiger partial charge in [0, 0.05) is 11.9 Å². The standard InChI is InChI=1S/C11H8ClNO2/c1-7-13-10(11(14)15-7)6-8-3-2-4-9(12)5-8/h2-6H,1H3/b10-6-. The van der Waals surface area contributed by atoms with Crippen molar-refractivity contribution in [3.05, 3.63) is 40.5 Å². The number of esters is 1. The second-order valence-electron chi connectivity index (χ2n) is 3.10. The fourth-order valence-corrected chi connectivity index (χ4v) is 1.47. The SMILES string of the molecule is CC1=N/C(=C\c2cccc(Cl)c2)C(=O)O1. The van der Waals surface area contributed by atoms with Crippen molar-refractivity contribution in [3.8, 4) is 0 Å². The van der Waals surface area contributed by atoms with Gasteiger partial charge in [-0.05, 0) is 23.8 Å². The maximum Gasteiger partial charge on any atom is 0.363 e. The molecule has 1 heterocycles. The zero-order chi connectivity index (χ0) is 10.8. The van der Waals surface area contributed by atoms with Gasteiger partial charge in [-0.15, -0.1) is 0 Å². The quantitative estimate of drug-likeness (QED) is 0.540. The van der Waals surface area contributed by atoms with Gasteiger partial charge >= 0.3 is 5.97 Å². The van der Waals surface area contributed by atoms with Crippen molar-refractivity contribution in [1.29, 1.82) is 0 Å². The first-order chi connectivity index (χ1) is 7.15. The lowest BCUT2D eigenvalue weighted by molar-refractivity contribution is -0.130. The van der Waals surface area contributed by atoms with Crippen LogP contribution in [0.1, 0.15) is 12.5 Å². The van der Waals surface area contributed by atoms with Gasteiger partial charge in [-0.1, -0.05) is 23.7 Å². The third-order valence-electron chi connectivity index (χ3n) is 1.88. The third kappa shape index (κ3) is 2.25. The molecule has 0 fully saturated rings. The summed E-state index contributed by atoms with van der Waals surface area (Å²) in [6.07, 6.45) is 1.64. The van der Waals surface area contributed by atoms with Crippen LogP contribution in [0.25, 0.3) is 6.08 Å². The summed E-state index contributed by atoms with van der Waals surface area (Å²) in [7, 11) is 0. The Labute approximate surface area is 92.0 Å². The lowest BCUT2D eigenvalue weighted by atomic mass is 10.2. The van der Waals surface area contributed by atoms with Crippen LogP contribution in [0.15, 0.2) is 35.0 Å². The Morgan fingerprint density at radius 3 is 2.87 bits per heavy atom. The molecule has 0 amide bonds. The summed E-state index contributed by atoms with van der Waals surface area (Å²) in [6.45, 7) is 1.64. The molecule has 0 unspecified atom stereocenters. The zero-order valence-corrected chi connectivity index (χ0v) is 8.78. The number of hydrogen-bond acceptors (Lipinski definition) is 3. The van der Waals surface area contributed by atoms with Crippen LogP contribution in [-0.4, -0.2) is 11.9 Å². The van der Waals surface area contributed by atoms with Crippen LogP contribution in [0.5, 0.6) is 0 Å². The fraction of sp³-hybridized carbons (Fsp3) is 0.0909. The lowest BCUT2D eigenvalue weighted by Gasteiger charge is -1.94. The number of nitrogens with zero attached hydrogens (tertiary/aromatic N) is 1. The number of cyclic esters (lactones) is 1. The Kier molecular flexibility index (Phi) is 2.56. The van der Waals surface area contributed by atoms with Gasteiger partial charge < -0.3 is 4.74 Å². The molecule has 15 heavy (non-hydrogen) atoms. The first kappa shape index (κ1) is 9.93. The average molecular weight is 222 g/mol. The second-order valence-corrected chi connectivity index (χ2v) is 3.54. The van der Waals surface area contributed by atoms with E-state index >= 15 is 0 Å². The van der Waals surface area contributed by atoms with Crippen LogP contribution in [0.3, 0.4) is 0 Å². The second kappa shape index (κ2) is 3.87. The van der Waals surface area contributed by atoms with Gasteiger partial charge in [-0.25, -0.2) is 9.79 Å². The summed E-state index contributed by atoms with van der Waals surface area (Å²) in [4.78, 5) is 15.2. The first-order valence-electron chi connectivity index (χ1n) is 4.40. The van der Waals surface area contributed by atoms with Crippen molar-refractivity contribution in [2.75, 3.05) is 0 Å². The number of hydrogen-bond donors (Lipinski definition) is 0. The van der Waals surface area contributed by atoms with Crippen LogP contribution in [0.2, 0.25) is 5.02 Å². The highest BCUT2D eigenvalue weighted by atomic mass is 35.5. The minimum Gasteiger partial charge on any atom is -0.407 e. The van der Waals surface area contributed by atoms with Gasteiger partial charge in [0.1, 0.15) is 0 Å². The number of rotatable bonds is 1. The molecule has 0 saturated carbocycles. The molecule has 1 aliphatic heterocycles. The molecule has 0 aliphatic carbocycles.